The average Bonchev–Trinajstić information content (AvgIpc) is 2.76. The van der Waals surface area contributed by atoms with Gasteiger partial charge in [-0.15, -0.1) is 0 Å². The molecule has 0 bridgehead atoms. The molecule has 31 heavy (non-hydrogen) atoms. The lowest BCUT2D eigenvalue weighted by Crippen LogP contribution is -2.58. The van der Waals surface area contributed by atoms with Crippen LogP contribution in [-0.4, -0.2) is 11.3 Å². The Morgan fingerprint density at radius 1 is 0.935 bits per heavy atom. The standard InChI is InChI=1S/C23H26O2S.ClHO4/c1-3-5-6-16-24-21-13-11-19(12-14-21)22-15-17-25-26-23(22)20-9-7-18(4-2)8-10-20;2-1(3,4)5/h7-15,17H,3-6,16H2,1-2H3;(H,2,3,4,5). The predicted molar refractivity (Wildman–Crippen MR) is 114 cm³/mol. The first-order valence-corrected chi connectivity index (χ1v) is 12.0. The highest BCUT2D eigenvalue weighted by molar-refractivity contribution is 8.04. The second kappa shape index (κ2) is 12.8. The van der Waals surface area contributed by atoms with Crippen molar-refractivity contribution in [3.8, 4) is 5.75 Å². The smallest absolute Gasteiger partial charge is 0.119 e. The third kappa shape index (κ3) is 9.35. The zero-order chi connectivity index (χ0) is 22.7. The van der Waals surface area contributed by atoms with Crippen LogP contribution in [0.2, 0.25) is 0 Å². The van der Waals surface area contributed by atoms with Crippen LogP contribution in [0.3, 0.4) is 0 Å². The second-order valence-corrected chi connectivity index (χ2v) is 8.31. The maximum absolute atomic E-state index is 8.60. The zero-order valence-corrected chi connectivity index (χ0v) is 19.2. The van der Waals surface area contributed by atoms with Crippen molar-refractivity contribution >= 4 is 22.5 Å². The van der Waals surface area contributed by atoms with Gasteiger partial charge in [0.25, 0.3) is 0 Å². The topological polar surface area (TPSA) is 108 Å². The van der Waals surface area contributed by atoms with Gasteiger partial charge in [-0.1, -0.05) is 63.1 Å². The first kappa shape index (κ1) is 25.3. The summed E-state index contributed by atoms with van der Waals surface area (Å²) in [5.74, 6) is 0.933. The number of hydrogen-bond donors (Lipinski definition) is 1. The van der Waals surface area contributed by atoms with Gasteiger partial charge in [-0.25, -0.2) is 0 Å². The Balaban J connectivity index is 0.000000614. The molecule has 6 nitrogen and oxygen atoms in total. The first-order chi connectivity index (χ1) is 14.8. The Bertz CT molecular complexity index is 851. The molecule has 0 atom stereocenters. The molecule has 0 amide bonds. The fourth-order valence-electron chi connectivity index (χ4n) is 2.89. The summed E-state index contributed by atoms with van der Waals surface area (Å²) in [6, 6.07) is 17.1. The van der Waals surface area contributed by atoms with Gasteiger partial charge in [-0.05, 0) is 47.7 Å². The van der Waals surface area contributed by atoms with Crippen LogP contribution < -0.4 is 18.7 Å². The molecule has 3 rings (SSSR count). The summed E-state index contributed by atoms with van der Waals surface area (Å²) in [6.07, 6.45) is 8.38. The molecule has 0 radical (unpaired) electrons. The van der Waals surface area contributed by atoms with Gasteiger partial charge in [-0.3, -0.25) is 0 Å². The van der Waals surface area contributed by atoms with Crippen molar-refractivity contribution in [1.29, 1.82) is 0 Å². The van der Waals surface area contributed by atoms with Crippen molar-refractivity contribution in [2.24, 2.45) is 0 Å². The molecule has 1 aliphatic rings. The zero-order valence-electron chi connectivity index (χ0n) is 17.6. The molecule has 0 fully saturated rings. The van der Waals surface area contributed by atoms with E-state index in [0.717, 1.165) is 30.1 Å². The van der Waals surface area contributed by atoms with E-state index in [9.17, 15) is 0 Å². The number of benzene rings is 2. The fraction of sp³-hybridized carbons (Fsp3) is 0.304. The maximum Gasteiger partial charge on any atom is 0.119 e. The summed E-state index contributed by atoms with van der Waals surface area (Å²) in [5.41, 5.74) is 4.89. The molecule has 0 saturated carbocycles. The second-order valence-electron chi connectivity index (χ2n) is 6.75. The molecule has 0 aliphatic carbocycles. The molecule has 168 valence electrons. The van der Waals surface area contributed by atoms with Gasteiger partial charge in [0.2, 0.25) is 0 Å². The van der Waals surface area contributed by atoms with E-state index in [4.69, 9.17) is 27.6 Å². The minimum Gasteiger partial charge on any atom is -0.494 e. The summed E-state index contributed by atoms with van der Waals surface area (Å²) in [7, 11) is -4.69. The minimum atomic E-state index is -4.69. The van der Waals surface area contributed by atoms with Crippen LogP contribution in [0.1, 0.15) is 49.8 Å². The summed E-state index contributed by atoms with van der Waals surface area (Å²) < 4.78 is 44.0. The third-order valence-electron chi connectivity index (χ3n) is 4.47. The van der Waals surface area contributed by atoms with Gasteiger partial charge >= 0.3 is 0 Å². The van der Waals surface area contributed by atoms with Crippen molar-refractivity contribution in [2.75, 3.05) is 6.61 Å². The highest BCUT2D eigenvalue weighted by atomic mass is 35.7. The number of unbranched alkanes of at least 4 members (excludes halogenated alkanes) is 2. The molecule has 1 N–H and O–H groups in total. The number of hydrogen-bond acceptors (Lipinski definition) is 7. The summed E-state index contributed by atoms with van der Waals surface area (Å²) in [6.45, 7) is 5.16. The van der Waals surface area contributed by atoms with Crippen LogP contribution in [-0.2, 0) is 10.6 Å². The van der Waals surface area contributed by atoms with Crippen LogP contribution in [0.15, 0.2) is 60.9 Å². The Hall–Kier alpha value is -2.00. The Morgan fingerprint density at radius 3 is 2.13 bits per heavy atom. The molecule has 0 spiro atoms. The van der Waals surface area contributed by atoms with Crippen molar-refractivity contribution < 1.29 is 37.8 Å². The molecule has 0 aromatic heterocycles. The lowest BCUT2D eigenvalue weighted by Gasteiger charge is -2.16. The summed E-state index contributed by atoms with van der Waals surface area (Å²) >= 11 is 1.42. The van der Waals surface area contributed by atoms with E-state index in [1.54, 1.807) is 6.26 Å². The fourth-order valence-corrected chi connectivity index (χ4v) is 3.60. The number of allylic oxidation sites excluding steroid dienone is 2. The van der Waals surface area contributed by atoms with E-state index in [1.807, 2.05) is 6.08 Å². The average molecular weight is 467 g/mol. The van der Waals surface area contributed by atoms with Crippen LogP contribution in [0.5, 0.6) is 5.75 Å². The predicted octanol–water partition coefficient (Wildman–Crippen LogP) is 2.75. The molecule has 1 aliphatic heterocycles. The van der Waals surface area contributed by atoms with E-state index < -0.39 is 10.2 Å². The van der Waals surface area contributed by atoms with E-state index in [2.05, 4.69) is 62.4 Å². The van der Waals surface area contributed by atoms with Crippen LogP contribution in [0, 0.1) is 10.2 Å². The lowest BCUT2D eigenvalue weighted by molar-refractivity contribution is -1.92. The van der Waals surface area contributed by atoms with E-state index >= 15 is 0 Å². The summed E-state index contributed by atoms with van der Waals surface area (Å²) in [5, 5.41) is 0. The lowest BCUT2D eigenvalue weighted by atomic mass is 10.0. The highest BCUT2D eigenvalue weighted by Crippen LogP contribution is 2.40. The number of aryl methyl sites for hydroxylation is 1. The molecule has 2 aromatic rings. The van der Waals surface area contributed by atoms with Gasteiger partial charge < -0.3 is 8.92 Å². The molecule has 2 aromatic carbocycles. The van der Waals surface area contributed by atoms with Crippen molar-refractivity contribution in [3.05, 3.63) is 77.6 Å². The minimum absolute atomic E-state index is 0.786. The van der Waals surface area contributed by atoms with Gasteiger partial charge in [0, 0.05) is 5.57 Å². The monoisotopic (exact) mass is 466 g/mol. The number of halogens is 1. The van der Waals surface area contributed by atoms with Gasteiger partial charge in [0.15, 0.2) is 0 Å². The molecular formula is C23H27ClO6S. The van der Waals surface area contributed by atoms with Crippen LogP contribution in [0.4, 0.5) is 0 Å². The molecular weight excluding hydrogens is 440 g/mol. The van der Waals surface area contributed by atoms with Gasteiger partial charge in [0.05, 0.1) is 38.5 Å². The largest absolute Gasteiger partial charge is 0.494 e. The normalized spacial score (nSPS) is 13.4. The quantitative estimate of drug-likeness (QED) is 0.470. The van der Waals surface area contributed by atoms with E-state index in [0.29, 0.717) is 0 Å². The third-order valence-corrected chi connectivity index (χ3v) is 5.30. The molecule has 1 heterocycles. The van der Waals surface area contributed by atoms with Gasteiger partial charge in [0.1, 0.15) is 12.0 Å². The molecule has 8 heteroatoms. The van der Waals surface area contributed by atoms with E-state index in [-0.39, 0.29) is 0 Å². The van der Waals surface area contributed by atoms with Crippen molar-refractivity contribution in [3.63, 3.8) is 0 Å². The Morgan fingerprint density at radius 2 is 1.55 bits per heavy atom. The van der Waals surface area contributed by atoms with Crippen LogP contribution in [0.25, 0.3) is 10.5 Å². The van der Waals surface area contributed by atoms with Crippen molar-refractivity contribution in [2.45, 2.75) is 39.5 Å². The van der Waals surface area contributed by atoms with E-state index in [1.165, 1.54) is 47.1 Å². The number of rotatable bonds is 8. The van der Waals surface area contributed by atoms with Gasteiger partial charge in [-0.2, -0.15) is 14.0 Å². The molecule has 0 unspecified atom stereocenters. The first-order valence-electron chi connectivity index (χ1n) is 10.0. The Labute approximate surface area is 189 Å². The number of ether oxygens (including phenoxy) is 1. The SMILES string of the molecule is CCCCCOc1ccc(C2=C(c3ccc(CC)cc3)SOC=C2)cc1.[O-][Cl+3]([O-])([O-])O. The maximum atomic E-state index is 8.60. The van der Waals surface area contributed by atoms with Crippen LogP contribution >= 0.6 is 12.0 Å². The molecule has 0 saturated heterocycles. The van der Waals surface area contributed by atoms with Crippen molar-refractivity contribution in [1.82, 2.24) is 0 Å². The summed E-state index contributed by atoms with van der Waals surface area (Å²) in [4.78, 5) is 1.15. The Kier molecular flexibility index (Phi) is 10.4. The highest BCUT2D eigenvalue weighted by Gasteiger charge is 2.15.